The smallest absolute Gasteiger partial charge is 0.0313 e. The van der Waals surface area contributed by atoms with E-state index in [4.69, 9.17) is 5.73 Å². The van der Waals surface area contributed by atoms with Gasteiger partial charge in [0, 0.05) is 14.1 Å². The summed E-state index contributed by atoms with van der Waals surface area (Å²) in [7, 11) is 0. The molecular weight excluding hydrogens is 154 g/mol. The van der Waals surface area contributed by atoms with E-state index in [0.29, 0.717) is 0 Å². The molecule has 0 unspecified atom stereocenters. The van der Waals surface area contributed by atoms with Crippen LogP contribution < -0.4 is 5.73 Å². The van der Waals surface area contributed by atoms with Crippen LogP contribution in [0.4, 0.5) is 19.8 Å². The van der Waals surface area contributed by atoms with Crippen molar-refractivity contribution in [3.63, 3.8) is 0 Å². The minimum atomic E-state index is 0. The van der Waals surface area contributed by atoms with Gasteiger partial charge in [0.2, 0.25) is 0 Å². The van der Waals surface area contributed by atoms with E-state index < -0.39 is 0 Å². The summed E-state index contributed by atoms with van der Waals surface area (Å²) in [4.78, 5) is 0. The molecule has 0 amide bonds. The second-order valence-electron chi connectivity index (χ2n) is 1.41. The van der Waals surface area contributed by atoms with Gasteiger partial charge in [-0.3, -0.25) is 14.1 Å². The number of nitrogen functional groups attached to an aromatic ring is 1. The molecule has 11 heavy (non-hydrogen) atoms. The van der Waals surface area contributed by atoms with Crippen LogP contribution in [-0.2, 0) is 0 Å². The number of nitrogens with two attached hydrogens (primary N) is 1. The zero-order valence-electron chi connectivity index (χ0n) is 5.77. The van der Waals surface area contributed by atoms with E-state index in [0.717, 1.165) is 5.69 Å². The molecule has 1 nitrogen and oxygen atoms in total. The highest BCUT2D eigenvalue weighted by molar-refractivity contribution is 5.75. The Labute approximate surface area is 65.3 Å². The van der Waals surface area contributed by atoms with Crippen LogP contribution >= 0.6 is 0 Å². The lowest BCUT2D eigenvalue weighted by molar-refractivity contribution is 1.11. The summed E-state index contributed by atoms with van der Waals surface area (Å²) in [6.07, 6.45) is 0. The third-order valence-electron chi connectivity index (χ3n) is 0.800. The zero-order valence-corrected chi connectivity index (χ0v) is 5.77. The molecule has 0 atom stereocenters. The summed E-state index contributed by atoms with van der Waals surface area (Å²) in [5.41, 5.74) is 6.18. The zero-order chi connectivity index (χ0) is 5.11. The second-order valence-corrected chi connectivity index (χ2v) is 1.41. The Bertz CT molecular complexity index is 148. The molecular formula is C6H10BF3N. The second kappa shape index (κ2) is 11.6. The molecule has 3 radical (unpaired) electrons. The molecule has 0 aliphatic carbocycles. The van der Waals surface area contributed by atoms with Crippen molar-refractivity contribution in [2.75, 3.05) is 5.73 Å². The highest BCUT2D eigenvalue weighted by Crippen LogP contribution is 1.95. The Balaban J connectivity index is -0.0000000612. The van der Waals surface area contributed by atoms with Gasteiger partial charge in [-0.2, -0.15) is 0 Å². The Morgan fingerprint density at radius 2 is 1.18 bits per heavy atom. The molecule has 0 bridgehead atoms. The van der Waals surface area contributed by atoms with Crippen molar-refractivity contribution < 1.29 is 14.1 Å². The summed E-state index contributed by atoms with van der Waals surface area (Å²) < 4.78 is 0. The van der Waals surface area contributed by atoms with E-state index >= 15 is 0 Å². The average Bonchev–Trinajstić information content (AvgIpc) is 1.69. The van der Waals surface area contributed by atoms with Crippen LogP contribution in [0.3, 0.4) is 0 Å². The maximum absolute atomic E-state index is 5.36. The van der Waals surface area contributed by atoms with Crippen molar-refractivity contribution in [1.29, 1.82) is 0 Å². The van der Waals surface area contributed by atoms with Gasteiger partial charge in [-0.1, -0.05) is 18.2 Å². The van der Waals surface area contributed by atoms with Gasteiger partial charge >= 0.3 is 0 Å². The first-order valence-corrected chi connectivity index (χ1v) is 2.20. The summed E-state index contributed by atoms with van der Waals surface area (Å²) in [5, 5.41) is 0. The molecule has 1 rings (SSSR count). The van der Waals surface area contributed by atoms with Gasteiger partial charge in [0.1, 0.15) is 0 Å². The van der Waals surface area contributed by atoms with Crippen molar-refractivity contribution in [3.8, 4) is 0 Å². The van der Waals surface area contributed by atoms with Crippen LogP contribution in [0.5, 0.6) is 0 Å². The van der Waals surface area contributed by atoms with Gasteiger partial charge < -0.3 is 5.73 Å². The van der Waals surface area contributed by atoms with Crippen molar-refractivity contribution in [3.05, 3.63) is 30.3 Å². The summed E-state index contributed by atoms with van der Waals surface area (Å²) >= 11 is 0. The fourth-order valence-electron chi connectivity index (χ4n) is 0.453. The molecule has 63 valence electrons. The molecule has 5 heteroatoms. The number of benzene rings is 1. The van der Waals surface area contributed by atoms with Crippen LogP contribution in [0.2, 0.25) is 0 Å². The minimum absolute atomic E-state index is 0. The van der Waals surface area contributed by atoms with Gasteiger partial charge in [0.05, 0.1) is 0 Å². The summed E-state index contributed by atoms with van der Waals surface area (Å²) in [5.74, 6) is 0. The molecule has 0 heterocycles. The van der Waals surface area contributed by atoms with Crippen LogP contribution in [0, 0.1) is 0 Å². The fourth-order valence-corrected chi connectivity index (χ4v) is 0.453. The number of hydrogen-bond donors (Lipinski definition) is 1. The van der Waals surface area contributed by atoms with E-state index in [1.54, 1.807) is 0 Å². The lowest BCUT2D eigenvalue weighted by Gasteiger charge is -1.83. The van der Waals surface area contributed by atoms with Gasteiger partial charge in [0.25, 0.3) is 0 Å². The number of halogens is 3. The maximum atomic E-state index is 5.36. The molecule has 0 saturated heterocycles. The van der Waals surface area contributed by atoms with Crippen LogP contribution in [0.25, 0.3) is 0 Å². The monoisotopic (exact) mass is 164 g/mol. The quantitative estimate of drug-likeness (QED) is 0.454. The summed E-state index contributed by atoms with van der Waals surface area (Å²) in [6, 6.07) is 9.49. The number of para-hydroxylation sites is 1. The van der Waals surface area contributed by atoms with E-state index in [1.807, 2.05) is 30.3 Å². The molecule has 1 aromatic rings. The number of hydrogen-bond acceptors (Lipinski definition) is 1. The Morgan fingerprint density at radius 3 is 1.36 bits per heavy atom. The van der Waals surface area contributed by atoms with E-state index in [2.05, 4.69) is 0 Å². The molecule has 0 saturated carbocycles. The van der Waals surface area contributed by atoms with Crippen molar-refractivity contribution in [2.45, 2.75) is 0 Å². The third kappa shape index (κ3) is 8.87. The first kappa shape index (κ1) is 22.5. The summed E-state index contributed by atoms with van der Waals surface area (Å²) in [6.45, 7) is 0. The topological polar surface area (TPSA) is 26.0 Å². The van der Waals surface area contributed by atoms with Crippen LogP contribution in [0.1, 0.15) is 0 Å². The van der Waals surface area contributed by atoms with Crippen LogP contribution in [0.15, 0.2) is 30.3 Å². The third-order valence-corrected chi connectivity index (χ3v) is 0.800. The predicted molar refractivity (Wildman–Crippen MR) is 44.1 cm³/mol. The maximum Gasteiger partial charge on any atom is 0.0313 e. The normalized spacial score (nSPS) is 5.45. The van der Waals surface area contributed by atoms with Crippen molar-refractivity contribution in [1.82, 2.24) is 0 Å². The number of rotatable bonds is 0. The van der Waals surface area contributed by atoms with Crippen molar-refractivity contribution in [2.24, 2.45) is 0 Å². The van der Waals surface area contributed by atoms with E-state index in [-0.39, 0.29) is 22.5 Å². The molecule has 0 aliphatic heterocycles. The van der Waals surface area contributed by atoms with Crippen molar-refractivity contribution >= 4 is 14.1 Å². The lowest BCUT2D eigenvalue weighted by Crippen LogP contribution is -1.79. The Hall–Kier alpha value is -1.13. The van der Waals surface area contributed by atoms with E-state index in [9.17, 15) is 0 Å². The Morgan fingerprint density at radius 1 is 0.818 bits per heavy atom. The highest BCUT2D eigenvalue weighted by atomic mass is 19.0. The molecule has 0 aliphatic rings. The number of anilines is 1. The molecule has 0 spiro atoms. The van der Waals surface area contributed by atoms with Gasteiger partial charge in [-0.25, -0.2) is 0 Å². The highest BCUT2D eigenvalue weighted by Gasteiger charge is 1.72. The standard InChI is InChI=1S/C6H7N.B.3FH/c7-6-4-2-1-3-5-6;;;;/h1-5H,7H2;;3*1H. The first-order valence-electron chi connectivity index (χ1n) is 2.20. The molecule has 1 aromatic carbocycles. The predicted octanol–water partition coefficient (Wildman–Crippen LogP) is 1.35. The fraction of sp³-hybridized carbons (Fsp3) is 0. The minimum Gasteiger partial charge on any atom is -0.399 e. The van der Waals surface area contributed by atoms with Gasteiger partial charge in [-0.05, 0) is 12.1 Å². The molecule has 2 N–H and O–H groups in total. The largest absolute Gasteiger partial charge is 0.399 e. The average molecular weight is 164 g/mol. The van der Waals surface area contributed by atoms with Gasteiger partial charge in [-0.15, -0.1) is 0 Å². The Kier molecular flexibility index (Phi) is 23.9. The van der Waals surface area contributed by atoms with E-state index in [1.165, 1.54) is 0 Å². The first-order chi connectivity index (χ1) is 3.39. The van der Waals surface area contributed by atoms with Crippen LogP contribution in [-0.4, -0.2) is 8.41 Å². The molecule has 0 aromatic heterocycles. The lowest BCUT2D eigenvalue weighted by atomic mass is 10.3. The SMILES string of the molecule is F.F.F.Nc1ccccc1.[B]. The molecule has 0 fully saturated rings. The van der Waals surface area contributed by atoms with Gasteiger partial charge in [0.15, 0.2) is 0 Å².